The molecule has 1 spiro atoms. The molecular formula is C18H28O2. The van der Waals surface area contributed by atoms with Crippen molar-refractivity contribution in [2.45, 2.75) is 82.5 Å². The van der Waals surface area contributed by atoms with Crippen LogP contribution in [0.3, 0.4) is 0 Å². The number of hydrogen-bond donors (Lipinski definition) is 1. The Morgan fingerprint density at radius 1 is 1.00 bits per heavy atom. The van der Waals surface area contributed by atoms with E-state index in [1.54, 1.807) is 0 Å². The standard InChI is InChI=1S/C18H28O2/c1-15(2)12-10-16(3)18(20-16)11(14(12)15)7-9-17(19)8-5-4-6-13(17)18/h11-14,19H,4-10H2,1-3H3/t11-,12+,13+,14-,16+,17-,18-/m0/s1. The first-order valence-corrected chi connectivity index (χ1v) is 8.78. The highest BCUT2D eigenvalue weighted by atomic mass is 16.6. The number of hydrogen-bond acceptors (Lipinski definition) is 2. The van der Waals surface area contributed by atoms with Crippen LogP contribution < -0.4 is 0 Å². The van der Waals surface area contributed by atoms with Crippen molar-refractivity contribution in [1.29, 1.82) is 0 Å². The molecule has 5 aliphatic rings. The Bertz CT molecular complexity index is 486. The fourth-order valence-electron chi connectivity index (χ4n) is 7.31. The molecule has 2 heteroatoms. The first kappa shape index (κ1) is 12.5. The molecule has 0 aromatic rings. The first-order valence-electron chi connectivity index (χ1n) is 8.78. The fraction of sp³-hybridized carbons (Fsp3) is 1.00. The minimum Gasteiger partial charge on any atom is -0.389 e. The van der Waals surface area contributed by atoms with Gasteiger partial charge >= 0.3 is 0 Å². The van der Waals surface area contributed by atoms with Crippen molar-refractivity contribution in [2.24, 2.45) is 29.1 Å². The van der Waals surface area contributed by atoms with E-state index in [1.807, 2.05) is 0 Å². The van der Waals surface area contributed by atoms with E-state index in [1.165, 1.54) is 32.1 Å². The minimum atomic E-state index is -0.404. The second-order valence-electron chi connectivity index (χ2n) is 9.33. The Morgan fingerprint density at radius 2 is 1.80 bits per heavy atom. The third kappa shape index (κ3) is 1.11. The first-order chi connectivity index (χ1) is 9.35. The average Bonchev–Trinajstić information content (AvgIpc) is 3.17. The minimum absolute atomic E-state index is 0.0509. The number of fused-ring (bicyclic) bond motifs is 3. The van der Waals surface area contributed by atoms with Gasteiger partial charge in [-0.2, -0.15) is 0 Å². The SMILES string of the molecule is CC1(C)[C@@H]2[C@H]1C[C@@]1(C)O[C@@]13[C@@H]1CCCC[C@]1(O)CC[C@@H]23. The monoisotopic (exact) mass is 276 g/mol. The summed E-state index contributed by atoms with van der Waals surface area (Å²) >= 11 is 0. The molecule has 20 heavy (non-hydrogen) atoms. The summed E-state index contributed by atoms with van der Waals surface area (Å²) in [4.78, 5) is 0. The molecule has 2 nitrogen and oxygen atoms in total. The van der Waals surface area contributed by atoms with Gasteiger partial charge in [0.15, 0.2) is 0 Å². The van der Waals surface area contributed by atoms with Crippen molar-refractivity contribution in [2.75, 3.05) is 0 Å². The number of rotatable bonds is 0. The third-order valence-electron chi connectivity index (χ3n) is 8.32. The van der Waals surface area contributed by atoms with Crippen LogP contribution in [0.2, 0.25) is 0 Å². The van der Waals surface area contributed by atoms with Gasteiger partial charge in [-0.1, -0.05) is 26.7 Å². The summed E-state index contributed by atoms with van der Waals surface area (Å²) in [5.41, 5.74) is 0.262. The molecule has 0 amide bonds. The van der Waals surface area contributed by atoms with Crippen LogP contribution in [0.15, 0.2) is 0 Å². The molecule has 0 radical (unpaired) electrons. The Hall–Kier alpha value is -0.0800. The summed E-state index contributed by atoms with van der Waals surface area (Å²) in [6, 6.07) is 0. The van der Waals surface area contributed by atoms with E-state index in [-0.39, 0.29) is 11.2 Å². The smallest absolute Gasteiger partial charge is 0.106 e. The zero-order valence-electron chi connectivity index (χ0n) is 13.1. The number of epoxide rings is 1. The Morgan fingerprint density at radius 3 is 2.60 bits per heavy atom. The van der Waals surface area contributed by atoms with Crippen molar-refractivity contribution in [3.8, 4) is 0 Å². The number of ether oxygens (including phenoxy) is 1. The molecule has 1 aliphatic heterocycles. The maximum Gasteiger partial charge on any atom is 0.106 e. The van der Waals surface area contributed by atoms with Gasteiger partial charge in [0.25, 0.3) is 0 Å². The normalized spacial score (nSPS) is 65.4. The molecule has 4 saturated carbocycles. The van der Waals surface area contributed by atoms with Crippen molar-refractivity contribution >= 4 is 0 Å². The van der Waals surface area contributed by atoms with Gasteiger partial charge in [0.2, 0.25) is 0 Å². The second-order valence-corrected chi connectivity index (χ2v) is 9.33. The van der Waals surface area contributed by atoms with Crippen LogP contribution in [-0.2, 0) is 4.74 Å². The molecule has 0 unspecified atom stereocenters. The third-order valence-corrected chi connectivity index (χ3v) is 8.32. The molecular weight excluding hydrogens is 248 g/mol. The van der Waals surface area contributed by atoms with Gasteiger partial charge < -0.3 is 9.84 Å². The van der Waals surface area contributed by atoms with Gasteiger partial charge in [-0.3, -0.25) is 0 Å². The predicted octanol–water partition coefficient (Wildman–Crippen LogP) is 3.52. The molecule has 0 bridgehead atoms. The maximum atomic E-state index is 11.2. The van der Waals surface area contributed by atoms with Crippen LogP contribution in [0.1, 0.15) is 65.7 Å². The summed E-state index contributed by atoms with van der Waals surface area (Å²) in [6.07, 6.45) is 8.19. The van der Waals surface area contributed by atoms with E-state index >= 15 is 0 Å². The van der Waals surface area contributed by atoms with Crippen molar-refractivity contribution in [3.05, 3.63) is 0 Å². The topological polar surface area (TPSA) is 32.8 Å². The maximum absolute atomic E-state index is 11.2. The van der Waals surface area contributed by atoms with E-state index in [4.69, 9.17) is 4.74 Å². The Kier molecular flexibility index (Phi) is 1.96. The highest BCUT2D eigenvalue weighted by Crippen LogP contribution is 2.81. The van der Waals surface area contributed by atoms with Crippen LogP contribution in [0.25, 0.3) is 0 Å². The van der Waals surface area contributed by atoms with Crippen molar-refractivity contribution in [3.63, 3.8) is 0 Å². The molecule has 112 valence electrons. The van der Waals surface area contributed by atoms with E-state index in [0.717, 1.165) is 30.6 Å². The fourth-order valence-corrected chi connectivity index (χ4v) is 7.31. The lowest BCUT2D eigenvalue weighted by atomic mass is 9.53. The van der Waals surface area contributed by atoms with E-state index < -0.39 is 5.60 Å². The summed E-state index contributed by atoms with van der Waals surface area (Å²) in [5.74, 6) is 2.89. The zero-order valence-corrected chi connectivity index (χ0v) is 13.1. The molecule has 1 saturated heterocycles. The Balaban J connectivity index is 1.59. The van der Waals surface area contributed by atoms with Gasteiger partial charge in [0, 0.05) is 5.92 Å². The lowest BCUT2D eigenvalue weighted by Crippen LogP contribution is -2.59. The van der Waals surface area contributed by atoms with Crippen molar-refractivity contribution < 1.29 is 9.84 Å². The summed E-state index contributed by atoms with van der Waals surface area (Å²) < 4.78 is 6.53. The molecule has 1 heterocycles. The van der Waals surface area contributed by atoms with Crippen LogP contribution in [-0.4, -0.2) is 21.9 Å². The van der Waals surface area contributed by atoms with Crippen LogP contribution in [0.5, 0.6) is 0 Å². The average molecular weight is 276 g/mol. The lowest BCUT2D eigenvalue weighted by molar-refractivity contribution is -0.133. The highest BCUT2D eigenvalue weighted by Gasteiger charge is 2.86. The molecule has 5 fully saturated rings. The highest BCUT2D eigenvalue weighted by molar-refractivity contribution is 5.34. The molecule has 1 N–H and O–H groups in total. The quantitative estimate of drug-likeness (QED) is 0.687. The van der Waals surface area contributed by atoms with Gasteiger partial charge in [0.1, 0.15) is 5.60 Å². The lowest BCUT2D eigenvalue weighted by Gasteiger charge is -2.52. The van der Waals surface area contributed by atoms with E-state index in [0.29, 0.717) is 11.3 Å². The molecule has 7 atom stereocenters. The Labute approximate surface area is 122 Å². The van der Waals surface area contributed by atoms with E-state index in [9.17, 15) is 5.11 Å². The van der Waals surface area contributed by atoms with Gasteiger partial charge in [-0.05, 0) is 62.2 Å². The van der Waals surface area contributed by atoms with Crippen LogP contribution >= 0.6 is 0 Å². The summed E-state index contributed by atoms with van der Waals surface area (Å²) in [7, 11) is 0. The second kappa shape index (κ2) is 3.15. The molecule has 0 aromatic carbocycles. The molecule has 0 aromatic heterocycles. The van der Waals surface area contributed by atoms with Gasteiger partial charge in [-0.25, -0.2) is 0 Å². The molecule has 4 aliphatic carbocycles. The van der Waals surface area contributed by atoms with Crippen LogP contribution in [0.4, 0.5) is 0 Å². The van der Waals surface area contributed by atoms with Gasteiger partial charge in [0.05, 0.1) is 11.2 Å². The summed E-state index contributed by atoms with van der Waals surface area (Å²) in [5, 5.41) is 11.2. The summed E-state index contributed by atoms with van der Waals surface area (Å²) in [6.45, 7) is 7.28. The predicted molar refractivity (Wildman–Crippen MR) is 77.2 cm³/mol. The van der Waals surface area contributed by atoms with Gasteiger partial charge in [-0.15, -0.1) is 0 Å². The van der Waals surface area contributed by atoms with Crippen molar-refractivity contribution in [1.82, 2.24) is 0 Å². The zero-order chi connectivity index (χ0) is 14.0. The number of aliphatic hydroxyl groups is 1. The largest absolute Gasteiger partial charge is 0.389 e. The van der Waals surface area contributed by atoms with E-state index in [2.05, 4.69) is 20.8 Å². The van der Waals surface area contributed by atoms with Crippen LogP contribution in [0, 0.1) is 29.1 Å². The molecule has 5 rings (SSSR count).